The molecule has 2 aromatic rings. The van der Waals surface area contributed by atoms with E-state index in [1.165, 1.54) is 5.56 Å². The van der Waals surface area contributed by atoms with Gasteiger partial charge in [0.15, 0.2) is 0 Å². The van der Waals surface area contributed by atoms with Gasteiger partial charge in [0.2, 0.25) is 0 Å². The Bertz CT molecular complexity index is 596. The Hall–Kier alpha value is -1.70. The molecule has 0 saturated carbocycles. The Morgan fingerprint density at radius 3 is 2.84 bits per heavy atom. The zero-order valence-electron chi connectivity index (χ0n) is 11.2. The van der Waals surface area contributed by atoms with E-state index in [2.05, 4.69) is 21.8 Å². The van der Waals surface area contributed by atoms with Crippen molar-refractivity contribution in [2.75, 3.05) is 6.54 Å². The molecule has 0 aliphatic rings. The number of thiazole rings is 1. The minimum absolute atomic E-state index is 0.721. The van der Waals surface area contributed by atoms with Crippen LogP contribution < -0.4 is 5.32 Å². The SMILES string of the molecule is Cc1nc(CCNCc2ccc(C#N)cc2C)cs1. The van der Waals surface area contributed by atoms with Crippen LogP contribution in [0, 0.1) is 25.2 Å². The molecule has 98 valence electrons. The first-order chi connectivity index (χ1) is 9.19. The number of aromatic nitrogens is 1. The zero-order valence-corrected chi connectivity index (χ0v) is 12.0. The van der Waals surface area contributed by atoms with Crippen LogP contribution >= 0.6 is 11.3 Å². The van der Waals surface area contributed by atoms with E-state index in [1.807, 2.05) is 32.0 Å². The number of aryl methyl sites for hydroxylation is 2. The maximum atomic E-state index is 8.82. The maximum Gasteiger partial charge on any atom is 0.0991 e. The molecular weight excluding hydrogens is 254 g/mol. The quantitative estimate of drug-likeness (QED) is 0.851. The molecule has 19 heavy (non-hydrogen) atoms. The predicted octanol–water partition coefficient (Wildman–Crippen LogP) is 2.96. The van der Waals surface area contributed by atoms with Gasteiger partial charge in [-0.2, -0.15) is 5.26 Å². The summed E-state index contributed by atoms with van der Waals surface area (Å²) in [6.45, 7) is 5.83. The van der Waals surface area contributed by atoms with E-state index >= 15 is 0 Å². The van der Waals surface area contributed by atoms with Crippen LogP contribution in [0.4, 0.5) is 0 Å². The van der Waals surface area contributed by atoms with E-state index in [0.717, 1.165) is 41.3 Å². The van der Waals surface area contributed by atoms with E-state index in [1.54, 1.807) is 11.3 Å². The van der Waals surface area contributed by atoms with Gasteiger partial charge in [-0.3, -0.25) is 0 Å². The summed E-state index contributed by atoms with van der Waals surface area (Å²) < 4.78 is 0. The van der Waals surface area contributed by atoms with Gasteiger partial charge in [-0.1, -0.05) is 6.07 Å². The molecule has 0 amide bonds. The molecule has 0 spiro atoms. The monoisotopic (exact) mass is 271 g/mol. The first kappa shape index (κ1) is 13.7. The van der Waals surface area contributed by atoms with Gasteiger partial charge in [-0.05, 0) is 37.1 Å². The van der Waals surface area contributed by atoms with Crippen LogP contribution in [0.2, 0.25) is 0 Å². The summed E-state index contributed by atoms with van der Waals surface area (Å²) >= 11 is 1.70. The Kier molecular flexibility index (Phi) is 4.67. The maximum absolute atomic E-state index is 8.82. The lowest BCUT2D eigenvalue weighted by molar-refractivity contribution is 0.679. The normalized spacial score (nSPS) is 10.4. The second-order valence-corrected chi connectivity index (χ2v) is 5.60. The molecule has 0 bridgehead atoms. The number of hydrogen-bond donors (Lipinski definition) is 1. The second kappa shape index (κ2) is 6.46. The standard InChI is InChI=1S/C15H17N3S/c1-11-7-13(8-16)3-4-14(11)9-17-6-5-15-10-19-12(2)18-15/h3-4,7,10,17H,5-6,9H2,1-2H3. The summed E-state index contributed by atoms with van der Waals surface area (Å²) in [5.41, 5.74) is 4.29. The van der Waals surface area contributed by atoms with E-state index in [4.69, 9.17) is 5.26 Å². The van der Waals surface area contributed by atoms with Crippen LogP contribution in [-0.4, -0.2) is 11.5 Å². The van der Waals surface area contributed by atoms with Crippen molar-refractivity contribution in [1.82, 2.24) is 10.3 Å². The molecule has 0 unspecified atom stereocenters. The minimum atomic E-state index is 0.721. The van der Waals surface area contributed by atoms with Crippen LogP contribution in [0.1, 0.15) is 27.4 Å². The van der Waals surface area contributed by atoms with Gasteiger partial charge in [0.25, 0.3) is 0 Å². The Balaban J connectivity index is 1.81. The summed E-state index contributed by atoms with van der Waals surface area (Å²) in [6, 6.07) is 7.98. The Morgan fingerprint density at radius 2 is 2.21 bits per heavy atom. The van der Waals surface area contributed by atoms with Gasteiger partial charge in [0.1, 0.15) is 0 Å². The van der Waals surface area contributed by atoms with Gasteiger partial charge < -0.3 is 5.32 Å². The highest BCUT2D eigenvalue weighted by Crippen LogP contribution is 2.11. The van der Waals surface area contributed by atoms with Crippen LogP contribution in [0.5, 0.6) is 0 Å². The summed E-state index contributed by atoms with van der Waals surface area (Å²) in [5, 5.41) is 15.5. The van der Waals surface area contributed by atoms with Crippen molar-refractivity contribution < 1.29 is 0 Å². The summed E-state index contributed by atoms with van der Waals surface area (Å²) in [4.78, 5) is 4.44. The lowest BCUT2D eigenvalue weighted by Crippen LogP contribution is -2.17. The molecule has 3 nitrogen and oxygen atoms in total. The van der Waals surface area contributed by atoms with Gasteiger partial charge in [0, 0.05) is 24.9 Å². The fourth-order valence-corrected chi connectivity index (χ4v) is 2.57. The molecule has 0 atom stereocenters. The smallest absolute Gasteiger partial charge is 0.0991 e. The summed E-state index contributed by atoms with van der Waals surface area (Å²) in [6.07, 6.45) is 0.958. The fourth-order valence-electron chi connectivity index (χ4n) is 1.93. The van der Waals surface area contributed by atoms with Gasteiger partial charge in [-0.25, -0.2) is 4.98 Å². The number of rotatable bonds is 5. The second-order valence-electron chi connectivity index (χ2n) is 4.54. The first-order valence-electron chi connectivity index (χ1n) is 6.30. The van der Waals surface area contributed by atoms with Crippen molar-refractivity contribution in [3.8, 4) is 6.07 Å². The first-order valence-corrected chi connectivity index (χ1v) is 7.18. The highest BCUT2D eigenvalue weighted by molar-refractivity contribution is 7.09. The third kappa shape index (κ3) is 3.88. The molecule has 1 aromatic carbocycles. The molecule has 0 saturated heterocycles. The van der Waals surface area contributed by atoms with Crippen LogP contribution in [0.3, 0.4) is 0 Å². The lowest BCUT2D eigenvalue weighted by atomic mass is 10.1. The van der Waals surface area contributed by atoms with Crippen molar-refractivity contribution >= 4 is 11.3 Å². The fraction of sp³-hybridized carbons (Fsp3) is 0.333. The highest BCUT2D eigenvalue weighted by atomic mass is 32.1. The van der Waals surface area contributed by atoms with Crippen molar-refractivity contribution in [2.24, 2.45) is 0 Å². The van der Waals surface area contributed by atoms with Gasteiger partial charge >= 0.3 is 0 Å². The van der Waals surface area contributed by atoms with E-state index < -0.39 is 0 Å². The van der Waals surface area contributed by atoms with Gasteiger partial charge in [-0.15, -0.1) is 11.3 Å². The van der Waals surface area contributed by atoms with Crippen LogP contribution in [-0.2, 0) is 13.0 Å². The zero-order chi connectivity index (χ0) is 13.7. The topological polar surface area (TPSA) is 48.7 Å². The molecular formula is C15H17N3S. The average Bonchev–Trinajstić information content (AvgIpc) is 2.82. The molecule has 2 rings (SSSR count). The number of benzene rings is 1. The molecule has 1 heterocycles. The summed E-state index contributed by atoms with van der Waals surface area (Å²) in [5.74, 6) is 0. The Labute approximate surface area is 117 Å². The van der Waals surface area contributed by atoms with E-state index in [0.29, 0.717) is 0 Å². The van der Waals surface area contributed by atoms with Crippen molar-refractivity contribution in [2.45, 2.75) is 26.8 Å². The molecule has 0 fully saturated rings. The number of nitrogens with one attached hydrogen (secondary N) is 1. The molecule has 1 N–H and O–H groups in total. The highest BCUT2D eigenvalue weighted by Gasteiger charge is 2.01. The molecule has 0 radical (unpaired) electrons. The predicted molar refractivity (Wildman–Crippen MR) is 78.2 cm³/mol. The third-order valence-corrected chi connectivity index (χ3v) is 3.83. The molecule has 0 aliphatic heterocycles. The van der Waals surface area contributed by atoms with E-state index in [9.17, 15) is 0 Å². The molecule has 0 aliphatic carbocycles. The van der Waals surface area contributed by atoms with Crippen molar-refractivity contribution in [1.29, 1.82) is 5.26 Å². The number of nitriles is 1. The van der Waals surface area contributed by atoms with Crippen LogP contribution in [0.25, 0.3) is 0 Å². The van der Waals surface area contributed by atoms with E-state index in [-0.39, 0.29) is 0 Å². The number of nitrogens with zero attached hydrogens (tertiary/aromatic N) is 2. The minimum Gasteiger partial charge on any atom is -0.312 e. The van der Waals surface area contributed by atoms with Crippen molar-refractivity contribution in [3.63, 3.8) is 0 Å². The largest absolute Gasteiger partial charge is 0.312 e. The average molecular weight is 271 g/mol. The molecule has 1 aromatic heterocycles. The van der Waals surface area contributed by atoms with Gasteiger partial charge in [0.05, 0.1) is 22.3 Å². The summed E-state index contributed by atoms with van der Waals surface area (Å²) in [7, 11) is 0. The molecule has 4 heteroatoms. The van der Waals surface area contributed by atoms with Crippen LogP contribution in [0.15, 0.2) is 23.6 Å². The third-order valence-electron chi connectivity index (χ3n) is 3.01. The number of hydrogen-bond acceptors (Lipinski definition) is 4. The Morgan fingerprint density at radius 1 is 1.37 bits per heavy atom. The lowest BCUT2D eigenvalue weighted by Gasteiger charge is -2.07. The van der Waals surface area contributed by atoms with Crippen molar-refractivity contribution in [3.05, 3.63) is 51.0 Å².